The van der Waals surface area contributed by atoms with Gasteiger partial charge in [0.1, 0.15) is 11.3 Å². The summed E-state index contributed by atoms with van der Waals surface area (Å²) in [5.74, 6) is 1.82. The summed E-state index contributed by atoms with van der Waals surface area (Å²) in [5, 5.41) is 12.0. The van der Waals surface area contributed by atoms with Crippen LogP contribution in [0.15, 0.2) is 59.1 Å². The Bertz CT molecular complexity index is 1290. The second-order valence-electron chi connectivity index (χ2n) is 8.08. The Balaban J connectivity index is 1.71. The van der Waals surface area contributed by atoms with E-state index >= 15 is 0 Å². The quantitative estimate of drug-likeness (QED) is 0.363. The summed E-state index contributed by atoms with van der Waals surface area (Å²) < 4.78 is 11.0. The molecule has 0 radical (unpaired) electrons. The standard InChI is InChI=1S/C25H23N3O3/c1-14(2)13-26-20-12-19(27-15-8-10-16(30-3)11-9-15)21-22-23(20)28-31-25(22)18-7-5-4-6-17(18)24(21)29/h4-12,14,26-27H,13H2,1-3H3. The molecule has 0 atom stereocenters. The molecule has 156 valence electrons. The van der Waals surface area contributed by atoms with E-state index in [1.165, 1.54) is 0 Å². The van der Waals surface area contributed by atoms with Crippen LogP contribution in [0.2, 0.25) is 0 Å². The third kappa shape index (κ3) is 3.20. The number of fused-ring (bicyclic) bond motifs is 2. The molecule has 1 aliphatic rings. The summed E-state index contributed by atoms with van der Waals surface area (Å²) in [4.78, 5) is 13.5. The van der Waals surface area contributed by atoms with Crippen molar-refractivity contribution in [3.63, 3.8) is 0 Å². The third-order valence-corrected chi connectivity index (χ3v) is 5.47. The third-order valence-electron chi connectivity index (χ3n) is 5.47. The smallest absolute Gasteiger partial charge is 0.196 e. The molecule has 0 fully saturated rings. The monoisotopic (exact) mass is 413 g/mol. The van der Waals surface area contributed by atoms with Gasteiger partial charge in [-0.25, -0.2) is 0 Å². The van der Waals surface area contributed by atoms with Gasteiger partial charge in [0.15, 0.2) is 11.5 Å². The van der Waals surface area contributed by atoms with Crippen LogP contribution in [0.1, 0.15) is 29.8 Å². The van der Waals surface area contributed by atoms with Crippen LogP contribution >= 0.6 is 0 Å². The van der Waals surface area contributed by atoms with Crippen molar-refractivity contribution >= 4 is 33.7 Å². The van der Waals surface area contributed by atoms with Crippen LogP contribution in [0.25, 0.3) is 22.2 Å². The lowest BCUT2D eigenvalue weighted by Gasteiger charge is -2.20. The van der Waals surface area contributed by atoms with E-state index in [-0.39, 0.29) is 5.78 Å². The molecular formula is C25H23N3O3. The molecule has 0 spiro atoms. The van der Waals surface area contributed by atoms with Crippen LogP contribution in [-0.4, -0.2) is 24.6 Å². The number of rotatable bonds is 6. The van der Waals surface area contributed by atoms with Crippen LogP contribution in [0.5, 0.6) is 5.75 Å². The number of nitrogens with one attached hydrogen (secondary N) is 2. The Morgan fingerprint density at radius 3 is 2.48 bits per heavy atom. The second-order valence-corrected chi connectivity index (χ2v) is 8.08. The molecule has 0 saturated heterocycles. The molecule has 1 heterocycles. The lowest BCUT2D eigenvalue weighted by Crippen LogP contribution is -2.13. The minimum absolute atomic E-state index is 0.0391. The summed E-state index contributed by atoms with van der Waals surface area (Å²) in [7, 11) is 1.64. The van der Waals surface area contributed by atoms with Gasteiger partial charge in [-0.1, -0.05) is 43.3 Å². The summed E-state index contributed by atoms with van der Waals surface area (Å²) in [5.41, 5.74) is 5.06. The zero-order chi connectivity index (χ0) is 21.5. The molecule has 0 saturated carbocycles. The number of carbonyl (C=O) groups is 1. The Morgan fingerprint density at radius 2 is 1.77 bits per heavy atom. The minimum atomic E-state index is -0.0391. The van der Waals surface area contributed by atoms with Crippen LogP contribution in [0.4, 0.5) is 17.1 Å². The number of ether oxygens (including phenoxy) is 1. The number of nitrogens with zero attached hydrogens (tertiary/aromatic N) is 1. The average molecular weight is 413 g/mol. The lowest BCUT2D eigenvalue weighted by molar-refractivity contribution is 0.104. The van der Waals surface area contributed by atoms with Crippen LogP contribution < -0.4 is 15.4 Å². The fraction of sp³-hybridized carbons (Fsp3) is 0.200. The van der Waals surface area contributed by atoms with Gasteiger partial charge >= 0.3 is 0 Å². The molecule has 0 unspecified atom stereocenters. The Kier molecular flexibility index (Phi) is 4.62. The van der Waals surface area contributed by atoms with Gasteiger partial charge in [-0.15, -0.1) is 0 Å². The minimum Gasteiger partial charge on any atom is -0.497 e. The van der Waals surface area contributed by atoms with Crippen molar-refractivity contribution in [2.45, 2.75) is 13.8 Å². The maximum absolute atomic E-state index is 13.5. The normalized spacial score (nSPS) is 12.2. The predicted molar refractivity (Wildman–Crippen MR) is 122 cm³/mol. The van der Waals surface area contributed by atoms with E-state index in [1.807, 2.05) is 54.6 Å². The molecule has 1 aliphatic carbocycles. The molecular weight excluding hydrogens is 390 g/mol. The summed E-state index contributed by atoms with van der Waals surface area (Å²) in [6.07, 6.45) is 0. The zero-order valence-corrected chi connectivity index (χ0v) is 17.7. The molecule has 2 N–H and O–H groups in total. The molecule has 0 bridgehead atoms. The Hall–Kier alpha value is -3.80. The van der Waals surface area contributed by atoms with E-state index in [4.69, 9.17) is 9.26 Å². The topological polar surface area (TPSA) is 76.4 Å². The largest absolute Gasteiger partial charge is 0.497 e. The predicted octanol–water partition coefficient (Wildman–Crippen LogP) is 5.86. The van der Waals surface area contributed by atoms with Crippen LogP contribution in [-0.2, 0) is 0 Å². The number of methoxy groups -OCH3 is 1. The zero-order valence-electron chi connectivity index (χ0n) is 17.7. The molecule has 4 aromatic rings. The molecule has 0 amide bonds. The first-order chi connectivity index (χ1) is 15.1. The van der Waals surface area contributed by atoms with Gasteiger partial charge in [0.05, 0.1) is 29.4 Å². The lowest BCUT2D eigenvalue weighted by atomic mass is 9.86. The first kappa shape index (κ1) is 19.2. The van der Waals surface area contributed by atoms with Crippen molar-refractivity contribution in [1.82, 2.24) is 5.16 Å². The fourth-order valence-electron chi connectivity index (χ4n) is 3.94. The van der Waals surface area contributed by atoms with E-state index in [9.17, 15) is 4.79 Å². The molecule has 1 aromatic heterocycles. The fourth-order valence-corrected chi connectivity index (χ4v) is 3.94. The molecule has 31 heavy (non-hydrogen) atoms. The molecule has 5 rings (SSSR count). The average Bonchev–Trinajstić information content (AvgIpc) is 3.22. The highest BCUT2D eigenvalue weighted by Gasteiger charge is 2.32. The van der Waals surface area contributed by atoms with E-state index < -0.39 is 0 Å². The first-order valence-electron chi connectivity index (χ1n) is 10.3. The maximum Gasteiger partial charge on any atom is 0.196 e. The van der Waals surface area contributed by atoms with Gasteiger partial charge in [0.2, 0.25) is 0 Å². The summed E-state index contributed by atoms with van der Waals surface area (Å²) in [6, 6.07) is 17.1. The number of anilines is 3. The van der Waals surface area contributed by atoms with Crippen molar-refractivity contribution in [1.29, 1.82) is 0 Å². The van der Waals surface area contributed by atoms with Crippen molar-refractivity contribution in [2.24, 2.45) is 5.92 Å². The highest BCUT2D eigenvalue weighted by atomic mass is 16.5. The van der Waals surface area contributed by atoms with Gasteiger partial charge in [-0.05, 0) is 36.2 Å². The molecule has 6 nitrogen and oxygen atoms in total. The second kappa shape index (κ2) is 7.47. The van der Waals surface area contributed by atoms with Crippen LogP contribution in [0.3, 0.4) is 0 Å². The van der Waals surface area contributed by atoms with Crippen LogP contribution in [0, 0.1) is 5.92 Å². The number of benzene rings is 3. The Morgan fingerprint density at radius 1 is 1.03 bits per heavy atom. The Labute approximate surface area is 180 Å². The summed E-state index contributed by atoms with van der Waals surface area (Å²) in [6.45, 7) is 5.07. The maximum atomic E-state index is 13.5. The van der Waals surface area contributed by atoms with Gasteiger partial charge in [-0.2, -0.15) is 0 Å². The van der Waals surface area contributed by atoms with Crippen molar-refractivity contribution < 1.29 is 14.1 Å². The van der Waals surface area contributed by atoms with E-state index in [2.05, 4.69) is 29.6 Å². The van der Waals surface area contributed by atoms with Crippen molar-refractivity contribution in [3.05, 3.63) is 65.7 Å². The number of hydrogen-bond acceptors (Lipinski definition) is 6. The van der Waals surface area contributed by atoms with E-state index in [0.717, 1.165) is 34.6 Å². The molecule has 3 aromatic carbocycles. The SMILES string of the molecule is COc1ccc(Nc2cc(NCC(C)C)c3noc4c3c2C(=O)c2ccccc2-4)cc1. The van der Waals surface area contributed by atoms with Crippen molar-refractivity contribution in [3.8, 4) is 17.1 Å². The van der Waals surface area contributed by atoms with E-state index in [0.29, 0.717) is 34.0 Å². The number of ketones is 1. The van der Waals surface area contributed by atoms with E-state index in [1.54, 1.807) is 7.11 Å². The molecule has 6 heteroatoms. The van der Waals surface area contributed by atoms with Gasteiger partial charge in [-0.3, -0.25) is 4.79 Å². The number of aromatic nitrogens is 1. The van der Waals surface area contributed by atoms with Gasteiger partial charge < -0.3 is 19.9 Å². The van der Waals surface area contributed by atoms with Gasteiger partial charge in [0.25, 0.3) is 0 Å². The van der Waals surface area contributed by atoms with Crippen molar-refractivity contribution in [2.75, 3.05) is 24.3 Å². The first-order valence-corrected chi connectivity index (χ1v) is 10.3. The summed E-state index contributed by atoms with van der Waals surface area (Å²) >= 11 is 0. The molecule has 0 aliphatic heterocycles. The highest BCUT2D eigenvalue weighted by molar-refractivity contribution is 6.28. The number of carbonyl (C=O) groups excluding carboxylic acids is 1. The van der Waals surface area contributed by atoms with Gasteiger partial charge in [0, 0.05) is 23.4 Å². The highest BCUT2D eigenvalue weighted by Crippen LogP contribution is 2.45. The number of hydrogen-bond donors (Lipinski definition) is 2.